The van der Waals surface area contributed by atoms with E-state index >= 15 is 0 Å². The molecule has 2 aliphatic heterocycles. The van der Waals surface area contributed by atoms with E-state index in [2.05, 4.69) is 34.2 Å². The lowest BCUT2D eigenvalue weighted by Gasteiger charge is -2.36. The summed E-state index contributed by atoms with van der Waals surface area (Å²) in [5.41, 5.74) is 3.72. The summed E-state index contributed by atoms with van der Waals surface area (Å²) in [7, 11) is 3.85. The SMILES string of the molecule is CCc1nn(C)c(CC)c1CNC(=NC)N1CCC(C(=O)N2CCOCC2)CC1. The van der Waals surface area contributed by atoms with Crippen LogP contribution in [0.5, 0.6) is 0 Å². The van der Waals surface area contributed by atoms with E-state index in [9.17, 15) is 4.79 Å². The molecule has 1 aromatic heterocycles. The van der Waals surface area contributed by atoms with Gasteiger partial charge in [-0.1, -0.05) is 13.8 Å². The predicted molar refractivity (Wildman–Crippen MR) is 114 cm³/mol. The lowest BCUT2D eigenvalue weighted by Crippen LogP contribution is -2.49. The Balaban J connectivity index is 1.55. The van der Waals surface area contributed by atoms with Gasteiger partial charge >= 0.3 is 0 Å². The van der Waals surface area contributed by atoms with Crippen molar-refractivity contribution in [3.05, 3.63) is 17.0 Å². The fourth-order valence-electron chi connectivity index (χ4n) is 4.47. The number of piperidine rings is 1. The first-order chi connectivity index (χ1) is 14.1. The zero-order valence-corrected chi connectivity index (χ0v) is 18.4. The summed E-state index contributed by atoms with van der Waals surface area (Å²) in [4.78, 5) is 21.5. The number of rotatable bonds is 5. The number of aryl methyl sites for hydroxylation is 2. The van der Waals surface area contributed by atoms with Gasteiger partial charge in [-0.2, -0.15) is 5.10 Å². The molecule has 1 aromatic rings. The van der Waals surface area contributed by atoms with E-state index in [1.54, 1.807) is 0 Å². The van der Waals surface area contributed by atoms with E-state index in [-0.39, 0.29) is 5.92 Å². The number of guanidine groups is 1. The average molecular weight is 405 g/mol. The molecule has 162 valence electrons. The molecule has 1 N–H and O–H groups in total. The molecule has 0 bridgehead atoms. The molecule has 0 aromatic carbocycles. The number of amides is 1. The van der Waals surface area contributed by atoms with Gasteiger partial charge in [-0.05, 0) is 25.7 Å². The Kier molecular flexibility index (Phi) is 7.52. The van der Waals surface area contributed by atoms with Gasteiger partial charge in [0.1, 0.15) is 0 Å². The van der Waals surface area contributed by atoms with Crippen LogP contribution in [0.3, 0.4) is 0 Å². The second kappa shape index (κ2) is 10.1. The topological polar surface area (TPSA) is 75.0 Å². The van der Waals surface area contributed by atoms with Gasteiger partial charge in [0.2, 0.25) is 5.91 Å². The van der Waals surface area contributed by atoms with Crippen LogP contribution in [0.25, 0.3) is 0 Å². The fourth-order valence-corrected chi connectivity index (χ4v) is 4.47. The zero-order chi connectivity index (χ0) is 20.8. The van der Waals surface area contributed by atoms with Gasteiger partial charge in [0.25, 0.3) is 0 Å². The van der Waals surface area contributed by atoms with Crippen LogP contribution in [0.1, 0.15) is 43.6 Å². The summed E-state index contributed by atoms with van der Waals surface area (Å²) < 4.78 is 7.37. The first-order valence-corrected chi connectivity index (χ1v) is 10.9. The Morgan fingerprint density at radius 1 is 1.14 bits per heavy atom. The summed E-state index contributed by atoms with van der Waals surface area (Å²) in [6, 6.07) is 0. The molecule has 3 heterocycles. The Labute approximate surface area is 174 Å². The van der Waals surface area contributed by atoms with Crippen LogP contribution < -0.4 is 5.32 Å². The smallest absolute Gasteiger partial charge is 0.225 e. The number of aliphatic imine (C=N–C) groups is 1. The zero-order valence-electron chi connectivity index (χ0n) is 18.4. The van der Waals surface area contributed by atoms with Crippen LogP contribution in [0, 0.1) is 5.92 Å². The number of aromatic nitrogens is 2. The normalized spacial score (nSPS) is 19.0. The lowest BCUT2D eigenvalue weighted by molar-refractivity contribution is -0.140. The van der Waals surface area contributed by atoms with Crippen molar-refractivity contribution in [2.24, 2.45) is 18.0 Å². The van der Waals surface area contributed by atoms with Gasteiger partial charge in [-0.15, -0.1) is 0 Å². The number of carbonyl (C=O) groups is 1. The number of ether oxygens (including phenoxy) is 1. The maximum atomic E-state index is 12.8. The summed E-state index contributed by atoms with van der Waals surface area (Å²) in [5, 5.41) is 8.20. The quantitative estimate of drug-likeness (QED) is 0.589. The number of hydrogen-bond donors (Lipinski definition) is 1. The van der Waals surface area contributed by atoms with Gasteiger partial charge in [0, 0.05) is 64.0 Å². The minimum atomic E-state index is 0.124. The molecule has 8 nitrogen and oxygen atoms in total. The molecular weight excluding hydrogens is 368 g/mol. The van der Waals surface area contributed by atoms with Gasteiger partial charge in [0.05, 0.1) is 18.9 Å². The number of carbonyl (C=O) groups excluding carboxylic acids is 1. The van der Waals surface area contributed by atoms with E-state index in [1.165, 1.54) is 11.3 Å². The van der Waals surface area contributed by atoms with Crippen LogP contribution in [0.15, 0.2) is 4.99 Å². The van der Waals surface area contributed by atoms with Gasteiger partial charge in [-0.25, -0.2) is 0 Å². The van der Waals surface area contributed by atoms with Crippen LogP contribution in [-0.4, -0.2) is 77.9 Å². The summed E-state index contributed by atoms with van der Waals surface area (Å²) in [6.07, 6.45) is 3.65. The van der Waals surface area contributed by atoms with Crippen molar-refractivity contribution in [2.45, 2.75) is 46.1 Å². The number of morpholine rings is 1. The van der Waals surface area contributed by atoms with Gasteiger partial charge < -0.3 is 19.9 Å². The van der Waals surface area contributed by atoms with Crippen molar-refractivity contribution in [3.8, 4) is 0 Å². The predicted octanol–water partition coefficient (Wildman–Crippen LogP) is 1.19. The van der Waals surface area contributed by atoms with Crippen molar-refractivity contribution >= 4 is 11.9 Å². The van der Waals surface area contributed by atoms with E-state index in [0.29, 0.717) is 19.1 Å². The Bertz CT molecular complexity index is 715. The van der Waals surface area contributed by atoms with Crippen LogP contribution >= 0.6 is 0 Å². The molecule has 0 spiro atoms. The first-order valence-electron chi connectivity index (χ1n) is 10.9. The van der Waals surface area contributed by atoms with Crippen molar-refractivity contribution in [1.82, 2.24) is 24.9 Å². The largest absolute Gasteiger partial charge is 0.378 e. The summed E-state index contributed by atoms with van der Waals surface area (Å²) in [5.74, 6) is 1.33. The molecule has 2 fully saturated rings. The lowest BCUT2D eigenvalue weighted by atomic mass is 9.95. The number of nitrogens with zero attached hydrogens (tertiary/aromatic N) is 5. The number of nitrogens with one attached hydrogen (secondary N) is 1. The molecule has 0 atom stereocenters. The average Bonchev–Trinajstić information content (AvgIpc) is 3.09. The molecule has 0 unspecified atom stereocenters. The molecule has 0 saturated carbocycles. The Hall–Kier alpha value is -2.09. The fraction of sp³-hybridized carbons (Fsp3) is 0.762. The minimum absolute atomic E-state index is 0.124. The third-order valence-electron chi connectivity index (χ3n) is 6.13. The molecule has 8 heteroatoms. The molecule has 0 radical (unpaired) electrons. The highest BCUT2D eigenvalue weighted by Gasteiger charge is 2.30. The van der Waals surface area contributed by atoms with E-state index in [0.717, 1.165) is 70.1 Å². The summed E-state index contributed by atoms with van der Waals surface area (Å²) in [6.45, 7) is 9.55. The van der Waals surface area contributed by atoms with Crippen LogP contribution in [-0.2, 0) is 36.0 Å². The number of likely N-dealkylation sites (tertiary alicyclic amines) is 1. The van der Waals surface area contributed by atoms with Crippen molar-refractivity contribution in [1.29, 1.82) is 0 Å². The van der Waals surface area contributed by atoms with Crippen molar-refractivity contribution in [2.75, 3.05) is 46.4 Å². The van der Waals surface area contributed by atoms with E-state index in [1.807, 2.05) is 23.7 Å². The third kappa shape index (κ3) is 4.91. The second-order valence-corrected chi connectivity index (χ2v) is 7.80. The molecule has 1 amide bonds. The monoisotopic (exact) mass is 404 g/mol. The Morgan fingerprint density at radius 2 is 1.83 bits per heavy atom. The number of hydrogen-bond acceptors (Lipinski definition) is 4. The highest BCUT2D eigenvalue weighted by molar-refractivity contribution is 5.81. The van der Waals surface area contributed by atoms with Crippen molar-refractivity contribution < 1.29 is 9.53 Å². The molecule has 0 aliphatic carbocycles. The summed E-state index contributed by atoms with van der Waals surface area (Å²) >= 11 is 0. The second-order valence-electron chi connectivity index (χ2n) is 7.80. The standard InChI is InChI=1S/C21H36N6O2/c1-5-18-17(19(6-2)25(4)24-18)15-23-21(22-3)27-9-7-16(8-10-27)20(28)26-11-13-29-14-12-26/h16H,5-15H2,1-4H3,(H,22,23). The maximum Gasteiger partial charge on any atom is 0.225 e. The highest BCUT2D eigenvalue weighted by atomic mass is 16.5. The molecule has 29 heavy (non-hydrogen) atoms. The molecule has 3 rings (SSSR count). The van der Waals surface area contributed by atoms with Crippen LogP contribution in [0.4, 0.5) is 0 Å². The molecular formula is C21H36N6O2. The van der Waals surface area contributed by atoms with Gasteiger partial charge in [0.15, 0.2) is 5.96 Å². The Morgan fingerprint density at radius 3 is 2.41 bits per heavy atom. The van der Waals surface area contributed by atoms with Gasteiger partial charge in [-0.3, -0.25) is 14.5 Å². The molecule has 2 saturated heterocycles. The third-order valence-corrected chi connectivity index (χ3v) is 6.13. The molecule has 2 aliphatic rings. The first kappa shape index (κ1) is 21.6. The van der Waals surface area contributed by atoms with Crippen LogP contribution in [0.2, 0.25) is 0 Å². The minimum Gasteiger partial charge on any atom is -0.378 e. The highest BCUT2D eigenvalue weighted by Crippen LogP contribution is 2.21. The maximum absolute atomic E-state index is 12.8. The van der Waals surface area contributed by atoms with Crippen molar-refractivity contribution in [3.63, 3.8) is 0 Å². The van der Waals surface area contributed by atoms with E-state index < -0.39 is 0 Å². The van der Waals surface area contributed by atoms with E-state index in [4.69, 9.17) is 4.74 Å².